The van der Waals surface area contributed by atoms with E-state index in [9.17, 15) is 14.4 Å². The molecule has 0 radical (unpaired) electrons. The fourth-order valence-electron chi connectivity index (χ4n) is 2.01. The van der Waals surface area contributed by atoms with Crippen LogP contribution in [0.25, 0.3) is 0 Å². The molecule has 7 nitrogen and oxygen atoms in total. The summed E-state index contributed by atoms with van der Waals surface area (Å²) < 4.78 is 4.94. The average Bonchev–Trinajstić information content (AvgIpc) is 3.18. The first-order valence-corrected chi connectivity index (χ1v) is 8.99. The fraction of sp³-hybridized carbons (Fsp3) is 0.235. The molecule has 0 spiro atoms. The van der Waals surface area contributed by atoms with Crippen LogP contribution in [-0.2, 0) is 4.79 Å². The number of amides is 3. The van der Waals surface area contributed by atoms with E-state index in [2.05, 4.69) is 16.2 Å². The molecule has 0 aliphatic carbocycles. The van der Waals surface area contributed by atoms with Gasteiger partial charge in [-0.15, -0.1) is 0 Å². The van der Waals surface area contributed by atoms with Crippen molar-refractivity contribution in [2.75, 3.05) is 12.0 Å². The summed E-state index contributed by atoms with van der Waals surface area (Å²) in [7, 11) is 0. The van der Waals surface area contributed by atoms with E-state index in [0.717, 1.165) is 0 Å². The Morgan fingerprint density at radius 1 is 1.04 bits per heavy atom. The van der Waals surface area contributed by atoms with Crippen LogP contribution in [0.2, 0.25) is 0 Å². The molecule has 0 saturated heterocycles. The van der Waals surface area contributed by atoms with E-state index < -0.39 is 17.9 Å². The van der Waals surface area contributed by atoms with Crippen molar-refractivity contribution in [3.63, 3.8) is 0 Å². The van der Waals surface area contributed by atoms with Crippen molar-refractivity contribution < 1.29 is 18.8 Å². The Morgan fingerprint density at radius 3 is 2.44 bits per heavy atom. The first kappa shape index (κ1) is 18.6. The molecular weight excluding hydrogens is 342 g/mol. The largest absolute Gasteiger partial charge is 0.459 e. The highest BCUT2D eigenvalue weighted by molar-refractivity contribution is 7.98. The Balaban J connectivity index is 1.94. The molecule has 3 amide bonds. The zero-order valence-electron chi connectivity index (χ0n) is 13.7. The molecule has 2 rings (SSSR count). The van der Waals surface area contributed by atoms with Gasteiger partial charge in [0.05, 0.1) is 6.26 Å². The van der Waals surface area contributed by atoms with Gasteiger partial charge in [-0.05, 0) is 42.7 Å². The van der Waals surface area contributed by atoms with Gasteiger partial charge in [-0.2, -0.15) is 11.8 Å². The molecule has 3 N–H and O–H groups in total. The van der Waals surface area contributed by atoms with Crippen LogP contribution in [0.3, 0.4) is 0 Å². The van der Waals surface area contributed by atoms with Crippen molar-refractivity contribution in [2.45, 2.75) is 12.5 Å². The summed E-state index contributed by atoms with van der Waals surface area (Å²) in [5, 5.41) is 2.69. The van der Waals surface area contributed by atoms with Crippen molar-refractivity contribution in [2.24, 2.45) is 0 Å². The lowest BCUT2D eigenvalue weighted by Gasteiger charge is -2.18. The number of carbonyl (C=O) groups excluding carboxylic acids is 3. The van der Waals surface area contributed by atoms with E-state index in [0.29, 0.717) is 17.7 Å². The summed E-state index contributed by atoms with van der Waals surface area (Å²) >= 11 is 1.56. The summed E-state index contributed by atoms with van der Waals surface area (Å²) in [4.78, 5) is 36.3. The molecule has 1 atom stereocenters. The standard InChI is InChI=1S/C17H19N3O4S/c1-25-11-9-13(18-15(21)12-6-3-2-4-7-12)16(22)19-20-17(23)14-8-5-10-24-14/h2-8,10,13H,9,11H2,1H3,(H,18,21)(H,19,22)(H,20,23)/t13-/m0/s1. The summed E-state index contributed by atoms with van der Waals surface area (Å²) in [6.07, 6.45) is 3.70. The highest BCUT2D eigenvalue weighted by Gasteiger charge is 2.22. The number of benzene rings is 1. The second-order valence-corrected chi connectivity index (χ2v) is 6.08. The maximum Gasteiger partial charge on any atom is 0.305 e. The average molecular weight is 361 g/mol. The molecule has 0 saturated carbocycles. The van der Waals surface area contributed by atoms with Crippen LogP contribution in [0.5, 0.6) is 0 Å². The van der Waals surface area contributed by atoms with Crippen LogP contribution < -0.4 is 16.2 Å². The molecule has 1 heterocycles. The van der Waals surface area contributed by atoms with E-state index in [1.165, 1.54) is 12.3 Å². The number of thioether (sulfide) groups is 1. The van der Waals surface area contributed by atoms with Gasteiger partial charge in [0.1, 0.15) is 6.04 Å². The zero-order valence-corrected chi connectivity index (χ0v) is 14.5. The Morgan fingerprint density at radius 2 is 1.80 bits per heavy atom. The van der Waals surface area contributed by atoms with Gasteiger partial charge < -0.3 is 9.73 Å². The molecular formula is C17H19N3O4S. The van der Waals surface area contributed by atoms with Crippen LogP contribution in [0, 0.1) is 0 Å². The fourth-order valence-corrected chi connectivity index (χ4v) is 2.48. The molecule has 0 fully saturated rings. The summed E-state index contributed by atoms with van der Waals surface area (Å²) in [5.41, 5.74) is 5.04. The molecule has 0 unspecified atom stereocenters. The van der Waals surface area contributed by atoms with E-state index in [1.807, 2.05) is 6.26 Å². The number of hydrazine groups is 1. The molecule has 0 aliphatic rings. The van der Waals surface area contributed by atoms with E-state index >= 15 is 0 Å². The molecule has 8 heteroatoms. The maximum atomic E-state index is 12.3. The number of hydrogen-bond donors (Lipinski definition) is 3. The van der Waals surface area contributed by atoms with Crippen LogP contribution in [0.1, 0.15) is 27.3 Å². The Labute approximate surface area is 149 Å². The van der Waals surface area contributed by atoms with Gasteiger partial charge in [-0.25, -0.2) is 0 Å². The lowest BCUT2D eigenvalue weighted by molar-refractivity contribution is -0.123. The molecule has 0 aliphatic heterocycles. The molecule has 0 bridgehead atoms. The predicted octanol–water partition coefficient (Wildman–Crippen LogP) is 1.59. The Hall–Kier alpha value is -2.74. The van der Waals surface area contributed by atoms with Crippen molar-refractivity contribution >= 4 is 29.5 Å². The van der Waals surface area contributed by atoms with E-state index in [-0.39, 0.29) is 11.7 Å². The van der Waals surface area contributed by atoms with Crippen molar-refractivity contribution in [3.8, 4) is 0 Å². The van der Waals surface area contributed by atoms with Crippen LogP contribution >= 0.6 is 11.8 Å². The number of carbonyl (C=O) groups is 3. The van der Waals surface area contributed by atoms with Gasteiger partial charge in [0.2, 0.25) is 0 Å². The molecule has 25 heavy (non-hydrogen) atoms. The smallest absolute Gasteiger partial charge is 0.305 e. The van der Waals surface area contributed by atoms with E-state index in [4.69, 9.17) is 4.42 Å². The highest BCUT2D eigenvalue weighted by Crippen LogP contribution is 2.04. The third-order valence-electron chi connectivity index (χ3n) is 3.31. The van der Waals surface area contributed by atoms with Crippen LogP contribution in [0.4, 0.5) is 0 Å². The number of nitrogens with one attached hydrogen (secondary N) is 3. The first-order valence-electron chi connectivity index (χ1n) is 7.60. The van der Waals surface area contributed by atoms with Gasteiger partial charge >= 0.3 is 5.91 Å². The van der Waals surface area contributed by atoms with Gasteiger partial charge in [-0.1, -0.05) is 18.2 Å². The lowest BCUT2D eigenvalue weighted by Crippen LogP contribution is -2.52. The summed E-state index contributed by atoms with van der Waals surface area (Å²) in [6, 6.07) is 10.9. The van der Waals surface area contributed by atoms with Crippen molar-refractivity contribution in [3.05, 3.63) is 60.1 Å². The Bertz CT molecular complexity index is 704. The normalized spacial score (nSPS) is 11.4. The first-order chi connectivity index (χ1) is 12.1. The molecule has 1 aromatic heterocycles. The second kappa shape index (κ2) is 9.53. The lowest BCUT2D eigenvalue weighted by atomic mass is 10.1. The molecule has 2 aromatic rings. The summed E-state index contributed by atoms with van der Waals surface area (Å²) in [5.74, 6) is -0.665. The van der Waals surface area contributed by atoms with Crippen molar-refractivity contribution in [1.82, 2.24) is 16.2 Å². The number of rotatable bonds is 7. The van der Waals surface area contributed by atoms with Gasteiger partial charge in [-0.3, -0.25) is 25.2 Å². The number of hydrogen-bond acceptors (Lipinski definition) is 5. The zero-order chi connectivity index (χ0) is 18.1. The maximum absolute atomic E-state index is 12.3. The van der Waals surface area contributed by atoms with Gasteiger partial charge in [0.15, 0.2) is 5.76 Å². The topological polar surface area (TPSA) is 100 Å². The third-order valence-corrected chi connectivity index (χ3v) is 3.96. The minimum Gasteiger partial charge on any atom is -0.459 e. The van der Waals surface area contributed by atoms with Crippen LogP contribution in [-0.4, -0.2) is 35.8 Å². The SMILES string of the molecule is CSCC[C@H](NC(=O)c1ccccc1)C(=O)NNC(=O)c1ccco1. The monoisotopic (exact) mass is 361 g/mol. The van der Waals surface area contributed by atoms with E-state index in [1.54, 1.807) is 48.2 Å². The highest BCUT2D eigenvalue weighted by atomic mass is 32.2. The minimum absolute atomic E-state index is 0.0780. The number of furan rings is 1. The summed E-state index contributed by atoms with van der Waals surface area (Å²) in [6.45, 7) is 0. The van der Waals surface area contributed by atoms with Gasteiger partial charge in [0.25, 0.3) is 11.8 Å². The third kappa shape index (κ3) is 5.68. The Kier molecular flexibility index (Phi) is 7.09. The quantitative estimate of drug-likeness (QED) is 0.650. The van der Waals surface area contributed by atoms with Gasteiger partial charge in [0, 0.05) is 5.56 Å². The van der Waals surface area contributed by atoms with Crippen molar-refractivity contribution in [1.29, 1.82) is 0 Å². The minimum atomic E-state index is -0.767. The van der Waals surface area contributed by atoms with Crippen LogP contribution in [0.15, 0.2) is 53.1 Å². The molecule has 132 valence electrons. The predicted molar refractivity (Wildman–Crippen MR) is 95.0 cm³/mol. The second-order valence-electron chi connectivity index (χ2n) is 5.09. The molecule has 1 aromatic carbocycles.